The number of halogens is 5. The van der Waals surface area contributed by atoms with E-state index in [0.29, 0.717) is 5.56 Å². The number of rotatable bonds is 3. The highest BCUT2D eigenvalue weighted by molar-refractivity contribution is 6.75. The largest absolute Gasteiger partial charge is 0.388 e. The maximum absolute atomic E-state index is 9.91. The first-order valence-corrected chi connectivity index (χ1v) is 7.19. The quantitative estimate of drug-likeness (QED) is 0.726. The Morgan fingerprint density at radius 3 is 1.72 bits per heavy atom. The smallest absolute Gasteiger partial charge is 0.227 e. The second kappa shape index (κ2) is 5.95. The molecule has 1 rings (SSSR count). The lowest BCUT2D eigenvalue weighted by Gasteiger charge is -2.28. The molecule has 0 aromatic heterocycles. The van der Waals surface area contributed by atoms with Crippen LogP contribution in [0.4, 0.5) is 0 Å². The molecule has 1 unspecified atom stereocenters. The van der Waals surface area contributed by atoms with Crippen LogP contribution >= 0.6 is 58.0 Å². The van der Waals surface area contributed by atoms with E-state index in [-0.39, 0.29) is 5.92 Å². The fourth-order valence-corrected chi connectivity index (χ4v) is 2.02. The van der Waals surface area contributed by atoms with Crippen LogP contribution in [0.25, 0.3) is 0 Å². The molecule has 1 aromatic carbocycles. The van der Waals surface area contributed by atoms with Gasteiger partial charge in [0.1, 0.15) is 0 Å². The number of hydrogen-bond donors (Lipinski definition) is 1. The van der Waals surface area contributed by atoms with Gasteiger partial charge in [-0.2, -0.15) is 0 Å². The molecule has 0 bridgehead atoms. The lowest BCUT2D eigenvalue weighted by Crippen LogP contribution is -2.28. The first-order valence-electron chi connectivity index (χ1n) is 5.30. The van der Waals surface area contributed by atoms with E-state index >= 15 is 0 Å². The van der Waals surface area contributed by atoms with Crippen LogP contribution in [0.3, 0.4) is 0 Å². The highest BCUT2D eigenvalue weighted by Gasteiger charge is 2.47. The molecular weight excluding hydrogens is 337 g/mol. The summed E-state index contributed by atoms with van der Waals surface area (Å²) in [5.41, 5.74) is 1.23. The van der Waals surface area contributed by atoms with Gasteiger partial charge in [-0.05, 0) is 17.0 Å². The molecule has 6 heteroatoms. The van der Waals surface area contributed by atoms with Gasteiger partial charge < -0.3 is 5.11 Å². The van der Waals surface area contributed by atoms with Crippen LogP contribution in [0, 0.1) is 5.92 Å². The summed E-state index contributed by atoms with van der Waals surface area (Å²) in [6.07, 6.45) is -0.549. The van der Waals surface area contributed by atoms with Crippen molar-refractivity contribution in [3.63, 3.8) is 0 Å². The van der Waals surface area contributed by atoms with Crippen molar-refractivity contribution in [1.29, 1.82) is 0 Å². The molecule has 1 N–H and O–H groups in total. The van der Waals surface area contributed by atoms with Gasteiger partial charge in [-0.15, -0.1) is 0 Å². The Labute approximate surface area is 132 Å². The predicted octanol–water partition coefficient (Wildman–Crippen LogP) is 5.38. The van der Waals surface area contributed by atoms with Crippen molar-refractivity contribution < 1.29 is 5.11 Å². The molecule has 0 heterocycles. The number of hydrogen-bond acceptors (Lipinski definition) is 1. The van der Waals surface area contributed by atoms with E-state index in [1.807, 2.05) is 13.8 Å². The first kappa shape index (κ1) is 16.7. The Bertz CT molecular complexity index is 394. The van der Waals surface area contributed by atoms with E-state index in [1.165, 1.54) is 0 Å². The third-order valence-corrected chi connectivity index (χ3v) is 5.04. The van der Waals surface area contributed by atoms with Gasteiger partial charge in [-0.25, -0.2) is 0 Å². The first-order chi connectivity index (χ1) is 8.07. The molecule has 0 saturated carbocycles. The lowest BCUT2D eigenvalue weighted by atomic mass is 9.98. The van der Waals surface area contributed by atoms with Crippen molar-refractivity contribution in [2.45, 2.75) is 28.1 Å². The summed E-state index contributed by atoms with van der Waals surface area (Å²) in [6, 6.07) is 6.72. The van der Waals surface area contributed by atoms with Crippen molar-refractivity contribution in [3.05, 3.63) is 35.4 Å². The fraction of sp³-hybridized carbons (Fsp3) is 0.500. The Kier molecular flexibility index (Phi) is 5.51. The Morgan fingerprint density at radius 2 is 1.39 bits per heavy atom. The van der Waals surface area contributed by atoms with Crippen LogP contribution in [0.2, 0.25) is 0 Å². The van der Waals surface area contributed by atoms with Gasteiger partial charge in [0, 0.05) is 0 Å². The third-order valence-electron chi connectivity index (χ3n) is 2.60. The normalized spacial score (nSPS) is 14.9. The molecule has 1 atom stereocenters. The predicted molar refractivity (Wildman–Crippen MR) is 79.9 cm³/mol. The second-order valence-corrected chi connectivity index (χ2v) is 7.99. The van der Waals surface area contributed by atoms with Gasteiger partial charge in [0.2, 0.25) is 3.79 Å². The minimum atomic E-state index is -1.84. The fourth-order valence-electron chi connectivity index (χ4n) is 1.44. The molecule has 0 amide bonds. The van der Waals surface area contributed by atoms with Crippen molar-refractivity contribution in [1.82, 2.24) is 0 Å². The van der Waals surface area contributed by atoms with Crippen LogP contribution < -0.4 is 0 Å². The number of benzene rings is 1. The highest BCUT2D eigenvalue weighted by Crippen LogP contribution is 2.52. The van der Waals surface area contributed by atoms with Crippen molar-refractivity contribution >= 4 is 58.0 Å². The summed E-state index contributed by atoms with van der Waals surface area (Å²) in [6.45, 7) is 3.85. The van der Waals surface area contributed by atoms with E-state index in [9.17, 15) is 5.11 Å². The maximum atomic E-state index is 9.91. The van der Waals surface area contributed by atoms with Crippen LogP contribution in [0.15, 0.2) is 24.3 Å². The number of aliphatic hydroxyl groups is 1. The minimum absolute atomic E-state index is 0.112. The van der Waals surface area contributed by atoms with Gasteiger partial charge in [0.15, 0.2) is 4.33 Å². The molecule has 0 spiro atoms. The third kappa shape index (κ3) is 3.59. The maximum Gasteiger partial charge on any atom is 0.227 e. The van der Waals surface area contributed by atoms with Crippen LogP contribution in [0.1, 0.15) is 31.1 Å². The van der Waals surface area contributed by atoms with Crippen LogP contribution in [-0.4, -0.2) is 8.90 Å². The zero-order chi connectivity index (χ0) is 14.1. The molecule has 18 heavy (non-hydrogen) atoms. The van der Waals surface area contributed by atoms with Gasteiger partial charge >= 0.3 is 0 Å². The van der Waals surface area contributed by atoms with Crippen molar-refractivity contribution in [2.24, 2.45) is 5.92 Å². The average Bonchev–Trinajstić information content (AvgIpc) is 2.26. The Balaban J connectivity index is 3.03. The molecule has 1 aromatic rings. The van der Waals surface area contributed by atoms with Crippen molar-refractivity contribution in [2.75, 3.05) is 0 Å². The van der Waals surface area contributed by atoms with Gasteiger partial charge in [-0.1, -0.05) is 96.1 Å². The van der Waals surface area contributed by atoms with E-state index in [4.69, 9.17) is 58.0 Å². The van der Waals surface area contributed by atoms with Crippen LogP contribution in [0.5, 0.6) is 0 Å². The van der Waals surface area contributed by atoms with E-state index in [1.54, 1.807) is 24.3 Å². The topological polar surface area (TPSA) is 20.2 Å². The van der Waals surface area contributed by atoms with E-state index in [2.05, 4.69) is 0 Å². The van der Waals surface area contributed by atoms with Gasteiger partial charge in [-0.3, -0.25) is 0 Å². The van der Waals surface area contributed by atoms with E-state index < -0.39 is 14.2 Å². The van der Waals surface area contributed by atoms with Gasteiger partial charge in [0.05, 0.1) is 6.10 Å². The molecular formula is C12H13Cl5O. The molecule has 102 valence electrons. The van der Waals surface area contributed by atoms with Crippen molar-refractivity contribution in [3.8, 4) is 0 Å². The highest BCUT2D eigenvalue weighted by atomic mass is 35.6. The van der Waals surface area contributed by atoms with Gasteiger partial charge in [0.25, 0.3) is 0 Å². The minimum Gasteiger partial charge on any atom is -0.388 e. The zero-order valence-electron chi connectivity index (χ0n) is 9.80. The Morgan fingerprint density at radius 1 is 0.944 bits per heavy atom. The summed E-state index contributed by atoms with van der Waals surface area (Å²) < 4.78 is -3.48. The number of aliphatic hydroxyl groups excluding tert-OH is 1. The summed E-state index contributed by atoms with van der Waals surface area (Å²) in [7, 11) is 0. The number of alkyl halides is 5. The molecule has 0 aliphatic carbocycles. The molecule has 0 saturated heterocycles. The standard InChI is InChI=1S/C12H13Cl5O/c1-7(2)10(18)8-3-5-9(6-4-8)11(13,14)12(15,16)17/h3-7,10,18H,1-2H3. The summed E-state index contributed by atoms with van der Waals surface area (Å²) in [5.74, 6) is 0.112. The molecule has 0 fully saturated rings. The molecule has 0 aliphatic rings. The summed E-state index contributed by atoms with van der Waals surface area (Å²) >= 11 is 29.3. The summed E-state index contributed by atoms with van der Waals surface area (Å²) in [4.78, 5) is 0. The SMILES string of the molecule is CC(C)C(O)c1ccc(C(Cl)(Cl)C(Cl)(Cl)Cl)cc1. The van der Waals surface area contributed by atoms with Crippen LogP contribution in [-0.2, 0) is 4.33 Å². The summed E-state index contributed by atoms with van der Waals surface area (Å²) in [5, 5.41) is 9.91. The lowest BCUT2D eigenvalue weighted by molar-refractivity contribution is 0.127. The monoisotopic (exact) mass is 348 g/mol. The second-order valence-electron chi connectivity index (χ2n) is 4.38. The Hall–Kier alpha value is 0.630. The molecule has 1 nitrogen and oxygen atoms in total. The molecule has 0 aliphatic heterocycles. The van der Waals surface area contributed by atoms with E-state index in [0.717, 1.165) is 5.56 Å². The molecule has 0 radical (unpaired) electrons. The average molecular weight is 350 g/mol. The zero-order valence-corrected chi connectivity index (χ0v) is 13.6.